The van der Waals surface area contributed by atoms with E-state index >= 15 is 0 Å². The number of aliphatic hydroxyl groups excluding tert-OH is 9. The number of aliphatic hydroxyl groups is 9. The largest absolute Gasteiger partial charge is 0.394 e. The third kappa shape index (κ3) is 7.66. The minimum absolute atomic E-state index is 0.0972. The maximum atomic E-state index is 11.6. The predicted octanol–water partition coefficient (Wildman–Crippen LogP) is 0.294. The minimum atomic E-state index is -1.78. The average molecular weight is 887 g/mol. The highest BCUT2D eigenvalue weighted by molar-refractivity contribution is 5.15. The van der Waals surface area contributed by atoms with Gasteiger partial charge in [-0.1, -0.05) is 27.7 Å². The van der Waals surface area contributed by atoms with Gasteiger partial charge in [0, 0.05) is 12.3 Å². The monoisotopic (exact) mass is 886 g/mol. The molecule has 356 valence electrons. The van der Waals surface area contributed by atoms with Crippen molar-refractivity contribution in [2.75, 3.05) is 19.8 Å². The molecule has 0 bridgehead atoms. The molecule has 4 aliphatic carbocycles. The van der Waals surface area contributed by atoms with Gasteiger partial charge >= 0.3 is 0 Å². The van der Waals surface area contributed by atoms with Gasteiger partial charge in [0.1, 0.15) is 67.1 Å². The quantitative estimate of drug-likeness (QED) is 0.149. The van der Waals surface area contributed by atoms with Gasteiger partial charge in [-0.15, -0.1) is 0 Å². The van der Waals surface area contributed by atoms with Crippen molar-refractivity contribution in [1.82, 2.24) is 0 Å². The summed E-state index contributed by atoms with van der Waals surface area (Å²) < 4.78 is 49.6. The van der Waals surface area contributed by atoms with Gasteiger partial charge < -0.3 is 83.9 Å². The Balaban J connectivity index is 0.888. The number of hydrogen-bond donors (Lipinski definition) is 9. The fraction of sp³-hybridized carbons (Fsp3) is 1.00. The van der Waals surface area contributed by atoms with E-state index in [4.69, 9.17) is 37.9 Å². The van der Waals surface area contributed by atoms with Crippen LogP contribution in [0.1, 0.15) is 98.8 Å². The zero-order valence-corrected chi connectivity index (χ0v) is 36.8. The van der Waals surface area contributed by atoms with Crippen molar-refractivity contribution < 1.29 is 83.9 Å². The molecule has 5 aliphatic heterocycles. The Morgan fingerprint density at radius 3 is 2.03 bits per heavy atom. The maximum Gasteiger partial charge on any atom is 0.187 e. The first kappa shape index (κ1) is 46.4. The standard InChI is InChI=1S/C45H74O17/c1-19-8-13-45(56-17-19)20(2)30-27(62-45)15-26-24-7-6-22-14-23(9-11-43(22,4)25(24)10-12-44(26,30)5)58-42-39(61-41-38(54)35(51)32(48)28(16-46)59-41)36(52)33(49)29(60-42)18-55-40-37(53)34(50)31(47)21(3)57-40/h19-42,46-54H,6-18H2,1-5H3/t19-,20+,21+,22-,23+,24-,25+,26+,27+,28-,29-,30+,31+,32-,33-,34-,35+,36+,37-,38-,39-,40-,41+,42-,43+,44+,45-/m1/s1. The SMILES string of the molecule is C[C@@H]1CC[C@@]2(OC1)O[C@H]1C[C@H]3[C@@H]4CC[C@@H]5C[C@@H](O[C@@H]6O[C@H](CO[C@@H]7O[C@@H](C)[C@H](O)[C@@H](O)[C@H]7O)[C@@H](O)[C@H](O)[C@H]6O[C@@H]6O[C@H](CO)[C@@H](O)[C@H](O)[C@H]6O)CC[C@]5(C)[C@H]4CC[C@]3(C)[C@H]1[C@@H]2C. The second-order valence-electron chi connectivity index (χ2n) is 21.5. The fourth-order valence-electron chi connectivity index (χ4n) is 14.5. The summed E-state index contributed by atoms with van der Waals surface area (Å²) in [6, 6.07) is 0. The highest BCUT2D eigenvalue weighted by Crippen LogP contribution is 2.71. The van der Waals surface area contributed by atoms with Crippen molar-refractivity contribution in [3.8, 4) is 0 Å². The Kier molecular flexibility index (Phi) is 13.1. The zero-order valence-electron chi connectivity index (χ0n) is 36.8. The fourth-order valence-corrected chi connectivity index (χ4v) is 14.5. The third-order valence-corrected chi connectivity index (χ3v) is 18.2. The van der Waals surface area contributed by atoms with E-state index < -0.39 is 111 Å². The minimum Gasteiger partial charge on any atom is -0.394 e. The molecule has 0 aromatic rings. The van der Waals surface area contributed by atoms with E-state index in [1.54, 1.807) is 0 Å². The lowest BCUT2D eigenvalue weighted by Crippen LogP contribution is -2.65. The molecule has 5 saturated heterocycles. The molecule has 5 heterocycles. The summed E-state index contributed by atoms with van der Waals surface area (Å²) >= 11 is 0. The summed E-state index contributed by atoms with van der Waals surface area (Å²) in [5.41, 5.74) is 0.311. The lowest BCUT2D eigenvalue weighted by atomic mass is 9.44. The van der Waals surface area contributed by atoms with E-state index in [9.17, 15) is 46.0 Å². The third-order valence-electron chi connectivity index (χ3n) is 18.2. The first-order valence-corrected chi connectivity index (χ1v) is 23.7. The molecule has 27 atom stereocenters. The van der Waals surface area contributed by atoms with E-state index in [-0.39, 0.29) is 23.0 Å². The van der Waals surface area contributed by atoms with Gasteiger partial charge in [-0.3, -0.25) is 0 Å². The van der Waals surface area contributed by atoms with E-state index in [2.05, 4.69) is 27.7 Å². The van der Waals surface area contributed by atoms with Crippen LogP contribution in [-0.2, 0) is 37.9 Å². The summed E-state index contributed by atoms with van der Waals surface area (Å²) in [6.07, 6.45) is -12.2. The van der Waals surface area contributed by atoms with Crippen LogP contribution in [0.15, 0.2) is 0 Å². The van der Waals surface area contributed by atoms with Gasteiger partial charge in [0.05, 0.1) is 38.1 Å². The number of rotatable bonds is 8. The van der Waals surface area contributed by atoms with Crippen LogP contribution in [0.2, 0.25) is 0 Å². The maximum absolute atomic E-state index is 11.6. The number of ether oxygens (including phenoxy) is 8. The molecule has 17 heteroatoms. The van der Waals surface area contributed by atoms with Crippen molar-refractivity contribution in [3.05, 3.63) is 0 Å². The first-order valence-electron chi connectivity index (χ1n) is 23.7. The molecule has 0 aromatic heterocycles. The van der Waals surface area contributed by atoms with Crippen molar-refractivity contribution >= 4 is 0 Å². The van der Waals surface area contributed by atoms with Crippen LogP contribution >= 0.6 is 0 Å². The molecule has 0 aromatic carbocycles. The number of hydrogen-bond acceptors (Lipinski definition) is 17. The molecule has 4 saturated carbocycles. The Hall–Kier alpha value is -0.680. The molecule has 62 heavy (non-hydrogen) atoms. The van der Waals surface area contributed by atoms with Gasteiger partial charge in [-0.25, -0.2) is 0 Å². The summed E-state index contributed by atoms with van der Waals surface area (Å²) in [5, 5.41) is 95.6. The van der Waals surface area contributed by atoms with E-state index in [1.807, 2.05) is 0 Å². The highest BCUT2D eigenvalue weighted by Gasteiger charge is 2.69. The van der Waals surface area contributed by atoms with Gasteiger partial charge in [-0.2, -0.15) is 0 Å². The Labute approximate surface area is 364 Å². The Morgan fingerprint density at radius 2 is 1.31 bits per heavy atom. The van der Waals surface area contributed by atoms with Crippen LogP contribution in [0.4, 0.5) is 0 Å². The van der Waals surface area contributed by atoms with Gasteiger partial charge in [0.2, 0.25) is 0 Å². The van der Waals surface area contributed by atoms with Crippen molar-refractivity contribution in [1.29, 1.82) is 0 Å². The van der Waals surface area contributed by atoms with Crippen LogP contribution in [0.3, 0.4) is 0 Å². The second kappa shape index (κ2) is 17.4. The Morgan fingerprint density at radius 1 is 0.613 bits per heavy atom. The number of fused-ring (bicyclic) bond motifs is 7. The average Bonchev–Trinajstić information content (AvgIpc) is 3.70. The second-order valence-corrected chi connectivity index (χ2v) is 21.5. The summed E-state index contributed by atoms with van der Waals surface area (Å²) in [7, 11) is 0. The van der Waals surface area contributed by atoms with E-state index in [0.717, 1.165) is 51.6 Å². The van der Waals surface area contributed by atoms with Crippen LogP contribution in [0, 0.1) is 52.3 Å². The lowest BCUT2D eigenvalue weighted by Gasteiger charge is -2.61. The van der Waals surface area contributed by atoms with Crippen LogP contribution in [0.5, 0.6) is 0 Å². The smallest absolute Gasteiger partial charge is 0.187 e. The highest BCUT2D eigenvalue weighted by atomic mass is 16.8. The Bertz CT molecular complexity index is 1550. The van der Waals surface area contributed by atoms with Crippen molar-refractivity contribution in [2.24, 2.45) is 52.3 Å². The molecule has 1 spiro atoms. The molecule has 9 fully saturated rings. The van der Waals surface area contributed by atoms with Gasteiger partial charge in [0.25, 0.3) is 0 Å². The molecule has 17 nitrogen and oxygen atoms in total. The summed E-state index contributed by atoms with van der Waals surface area (Å²) in [5.74, 6) is 3.15. The molecule has 0 radical (unpaired) electrons. The normalized spacial score (nSPS) is 58.9. The molecule has 9 rings (SSSR count). The van der Waals surface area contributed by atoms with Crippen LogP contribution < -0.4 is 0 Å². The molecular formula is C45H74O17. The first-order chi connectivity index (χ1) is 29.4. The van der Waals surface area contributed by atoms with Crippen LogP contribution in [0.25, 0.3) is 0 Å². The molecule has 9 aliphatic rings. The molecule has 0 amide bonds. The van der Waals surface area contributed by atoms with Gasteiger partial charge in [0.15, 0.2) is 24.7 Å². The van der Waals surface area contributed by atoms with E-state index in [1.165, 1.54) is 19.8 Å². The summed E-state index contributed by atoms with van der Waals surface area (Å²) in [6.45, 7) is 10.8. The molecular weight excluding hydrogens is 812 g/mol. The topological polar surface area (TPSA) is 256 Å². The van der Waals surface area contributed by atoms with Gasteiger partial charge in [-0.05, 0) is 111 Å². The zero-order chi connectivity index (χ0) is 44.2. The van der Waals surface area contributed by atoms with E-state index in [0.29, 0.717) is 47.8 Å². The summed E-state index contributed by atoms with van der Waals surface area (Å²) in [4.78, 5) is 0. The lowest BCUT2D eigenvalue weighted by molar-refractivity contribution is -0.377. The van der Waals surface area contributed by atoms with Crippen molar-refractivity contribution in [3.63, 3.8) is 0 Å². The molecule has 0 unspecified atom stereocenters. The van der Waals surface area contributed by atoms with Crippen LogP contribution in [-0.4, -0.2) is 176 Å². The molecule has 9 N–H and O–H groups in total. The predicted molar refractivity (Wildman–Crippen MR) is 214 cm³/mol. The van der Waals surface area contributed by atoms with Crippen molar-refractivity contribution in [2.45, 2.75) is 209 Å².